The number of allylic oxidation sites excluding steroid dienone is 1. The molecular weight excluding hydrogens is 291 g/mol. The summed E-state index contributed by atoms with van der Waals surface area (Å²) in [5, 5.41) is 0. The standard InChI is InChI=1S/C14H26BBrO2/c1-6-7-8-9-10-12(16)11-15-17-13(2,3)14(4,5)18-15/h11H,6-10H2,1-5H3/b12-11-. The van der Waals surface area contributed by atoms with Gasteiger partial charge in [-0.3, -0.25) is 0 Å². The van der Waals surface area contributed by atoms with E-state index in [0.29, 0.717) is 0 Å². The molecule has 1 rings (SSSR count). The van der Waals surface area contributed by atoms with Crippen molar-refractivity contribution in [1.29, 1.82) is 0 Å². The number of unbranched alkanes of at least 4 members (excludes halogenated alkanes) is 3. The Morgan fingerprint density at radius 2 is 1.61 bits per heavy atom. The molecule has 1 saturated heterocycles. The van der Waals surface area contributed by atoms with E-state index in [0.717, 1.165) is 6.42 Å². The predicted octanol–water partition coefficient (Wildman–Crippen LogP) is 4.87. The highest BCUT2D eigenvalue weighted by molar-refractivity contribution is 9.11. The minimum Gasteiger partial charge on any atom is -0.400 e. The van der Waals surface area contributed by atoms with E-state index in [1.54, 1.807) is 0 Å². The van der Waals surface area contributed by atoms with Crippen LogP contribution in [-0.4, -0.2) is 18.3 Å². The Morgan fingerprint density at radius 1 is 1.06 bits per heavy atom. The average molecular weight is 317 g/mol. The first-order valence-electron chi connectivity index (χ1n) is 7.00. The minimum atomic E-state index is -0.246. The second kappa shape index (κ2) is 6.58. The Hall–Kier alpha value is 0.205. The third-order valence-electron chi connectivity index (χ3n) is 3.86. The van der Waals surface area contributed by atoms with Gasteiger partial charge in [-0.1, -0.05) is 42.1 Å². The van der Waals surface area contributed by atoms with Gasteiger partial charge in [0.1, 0.15) is 0 Å². The summed E-state index contributed by atoms with van der Waals surface area (Å²) in [4.78, 5) is 0. The highest BCUT2D eigenvalue weighted by Crippen LogP contribution is 2.37. The Kier molecular flexibility index (Phi) is 5.94. The van der Waals surface area contributed by atoms with E-state index in [4.69, 9.17) is 9.31 Å². The first-order chi connectivity index (χ1) is 8.28. The Balaban J connectivity index is 2.43. The summed E-state index contributed by atoms with van der Waals surface area (Å²) in [6, 6.07) is 0. The lowest BCUT2D eigenvalue weighted by Crippen LogP contribution is -2.41. The van der Waals surface area contributed by atoms with Crippen LogP contribution >= 0.6 is 15.9 Å². The summed E-state index contributed by atoms with van der Waals surface area (Å²) in [6.45, 7) is 10.5. The van der Waals surface area contributed by atoms with E-state index < -0.39 is 0 Å². The summed E-state index contributed by atoms with van der Waals surface area (Å²) in [5.74, 6) is 2.06. The van der Waals surface area contributed by atoms with Crippen LogP contribution in [-0.2, 0) is 9.31 Å². The highest BCUT2D eigenvalue weighted by atomic mass is 79.9. The molecule has 0 aromatic rings. The molecule has 1 aliphatic rings. The van der Waals surface area contributed by atoms with Crippen molar-refractivity contribution in [2.45, 2.75) is 77.9 Å². The van der Waals surface area contributed by atoms with Crippen LogP contribution in [0.4, 0.5) is 0 Å². The van der Waals surface area contributed by atoms with Gasteiger partial charge in [0.2, 0.25) is 0 Å². The molecular formula is C14H26BBrO2. The van der Waals surface area contributed by atoms with Gasteiger partial charge in [-0.2, -0.15) is 0 Å². The lowest BCUT2D eigenvalue weighted by molar-refractivity contribution is 0.00578. The Bertz CT molecular complexity index is 284. The van der Waals surface area contributed by atoms with Crippen LogP contribution in [0, 0.1) is 0 Å². The van der Waals surface area contributed by atoms with Crippen molar-refractivity contribution >= 4 is 23.0 Å². The van der Waals surface area contributed by atoms with Crippen LogP contribution in [0.1, 0.15) is 66.7 Å². The van der Waals surface area contributed by atoms with Crippen molar-refractivity contribution < 1.29 is 9.31 Å². The zero-order valence-electron chi connectivity index (χ0n) is 12.4. The van der Waals surface area contributed by atoms with Crippen molar-refractivity contribution in [3.8, 4) is 0 Å². The fourth-order valence-corrected chi connectivity index (χ4v) is 2.40. The number of hydrogen-bond acceptors (Lipinski definition) is 2. The lowest BCUT2D eigenvalue weighted by Gasteiger charge is -2.32. The SMILES string of the molecule is CCCCCC/C(Br)=C/B1OC(C)(C)C(C)(C)O1. The van der Waals surface area contributed by atoms with Crippen LogP contribution in [0.5, 0.6) is 0 Å². The molecule has 0 N–H and O–H groups in total. The number of hydrogen-bond donors (Lipinski definition) is 0. The number of rotatable bonds is 6. The van der Waals surface area contributed by atoms with Crippen molar-refractivity contribution in [3.63, 3.8) is 0 Å². The topological polar surface area (TPSA) is 18.5 Å². The second-order valence-corrected chi connectivity index (χ2v) is 7.07. The van der Waals surface area contributed by atoms with Crippen LogP contribution < -0.4 is 0 Å². The number of halogens is 1. The maximum absolute atomic E-state index is 5.93. The molecule has 1 fully saturated rings. The normalized spacial score (nSPS) is 22.6. The molecule has 0 radical (unpaired) electrons. The van der Waals surface area contributed by atoms with Gasteiger partial charge in [0.25, 0.3) is 0 Å². The van der Waals surface area contributed by atoms with E-state index >= 15 is 0 Å². The molecule has 0 aromatic heterocycles. The molecule has 0 unspecified atom stereocenters. The summed E-state index contributed by atoms with van der Waals surface area (Å²) in [7, 11) is -0.226. The molecule has 0 saturated carbocycles. The second-order valence-electron chi connectivity index (χ2n) is 6.05. The fraction of sp³-hybridized carbons (Fsp3) is 0.857. The van der Waals surface area contributed by atoms with E-state index in [9.17, 15) is 0 Å². The fourth-order valence-electron chi connectivity index (χ4n) is 1.91. The Morgan fingerprint density at radius 3 is 2.11 bits per heavy atom. The summed E-state index contributed by atoms with van der Waals surface area (Å²) >= 11 is 3.62. The molecule has 2 nitrogen and oxygen atoms in total. The maximum atomic E-state index is 5.93. The van der Waals surface area contributed by atoms with Crippen molar-refractivity contribution in [3.05, 3.63) is 10.5 Å². The van der Waals surface area contributed by atoms with Crippen LogP contribution in [0.3, 0.4) is 0 Å². The van der Waals surface area contributed by atoms with E-state index in [-0.39, 0.29) is 18.3 Å². The zero-order chi connectivity index (χ0) is 13.8. The van der Waals surface area contributed by atoms with Gasteiger partial charge >= 0.3 is 7.12 Å². The van der Waals surface area contributed by atoms with Crippen molar-refractivity contribution in [2.24, 2.45) is 0 Å². The van der Waals surface area contributed by atoms with E-state index in [1.165, 1.54) is 30.2 Å². The molecule has 0 bridgehead atoms. The summed E-state index contributed by atoms with van der Waals surface area (Å²) in [6.07, 6.45) is 6.19. The van der Waals surface area contributed by atoms with Crippen LogP contribution in [0.2, 0.25) is 0 Å². The van der Waals surface area contributed by atoms with Crippen molar-refractivity contribution in [1.82, 2.24) is 0 Å². The molecule has 4 heteroatoms. The van der Waals surface area contributed by atoms with E-state index in [1.807, 2.05) is 0 Å². The third kappa shape index (κ3) is 4.39. The zero-order valence-corrected chi connectivity index (χ0v) is 14.0. The molecule has 104 valence electrons. The monoisotopic (exact) mass is 316 g/mol. The average Bonchev–Trinajstić information content (AvgIpc) is 2.42. The molecule has 18 heavy (non-hydrogen) atoms. The van der Waals surface area contributed by atoms with E-state index in [2.05, 4.69) is 56.5 Å². The van der Waals surface area contributed by atoms with Gasteiger partial charge in [-0.05, 0) is 51.0 Å². The first kappa shape index (κ1) is 16.3. The smallest absolute Gasteiger partial charge is 0.400 e. The van der Waals surface area contributed by atoms with Crippen molar-refractivity contribution in [2.75, 3.05) is 0 Å². The quantitative estimate of drug-likeness (QED) is 0.514. The maximum Gasteiger partial charge on any atom is 0.487 e. The molecule has 1 aliphatic heterocycles. The van der Waals surface area contributed by atoms with Gasteiger partial charge < -0.3 is 9.31 Å². The first-order valence-corrected chi connectivity index (χ1v) is 7.79. The Labute approximate surface area is 121 Å². The van der Waals surface area contributed by atoms with Gasteiger partial charge in [0.05, 0.1) is 11.2 Å². The summed E-state index contributed by atoms with van der Waals surface area (Å²) in [5.41, 5.74) is -0.493. The highest BCUT2D eigenvalue weighted by Gasteiger charge is 2.50. The van der Waals surface area contributed by atoms with Gasteiger partial charge in [-0.15, -0.1) is 0 Å². The molecule has 0 aromatic carbocycles. The molecule has 0 atom stereocenters. The van der Waals surface area contributed by atoms with Crippen LogP contribution in [0.25, 0.3) is 0 Å². The van der Waals surface area contributed by atoms with Gasteiger partial charge in [0, 0.05) is 0 Å². The molecule has 0 amide bonds. The van der Waals surface area contributed by atoms with Crippen LogP contribution in [0.15, 0.2) is 10.5 Å². The lowest BCUT2D eigenvalue weighted by atomic mass is 9.89. The third-order valence-corrected chi connectivity index (χ3v) is 4.52. The summed E-state index contributed by atoms with van der Waals surface area (Å²) < 4.78 is 13.1. The largest absolute Gasteiger partial charge is 0.487 e. The van der Waals surface area contributed by atoms with Gasteiger partial charge in [0.15, 0.2) is 0 Å². The van der Waals surface area contributed by atoms with Gasteiger partial charge in [-0.25, -0.2) is 0 Å². The predicted molar refractivity (Wildman–Crippen MR) is 81.9 cm³/mol. The molecule has 0 spiro atoms. The molecule has 0 aliphatic carbocycles. The molecule has 1 heterocycles. The minimum absolute atomic E-state index is 0.226.